The Kier molecular flexibility index (Phi) is 5.62. The first-order valence-electron chi connectivity index (χ1n) is 7.80. The van der Waals surface area contributed by atoms with Gasteiger partial charge in [-0.3, -0.25) is 9.69 Å². The molecule has 1 aromatic carbocycles. The second kappa shape index (κ2) is 7.46. The number of ether oxygens (including phenoxy) is 1. The Hall–Kier alpha value is -1.55. The standard InChI is InChI=1S/C17H26N2O2/c1-4-21-17(20)15(3)13-18-8-10-19(11-9-18)16-7-5-6-14(2)12-16/h5-7,12,15H,4,8-11,13H2,1-3H3/t15-/m1/s1. The van der Waals surface area contributed by atoms with Crippen molar-refractivity contribution in [2.24, 2.45) is 5.92 Å². The fourth-order valence-electron chi connectivity index (χ4n) is 2.76. The number of aryl methyl sites for hydroxylation is 1. The maximum absolute atomic E-state index is 11.7. The maximum atomic E-state index is 11.7. The summed E-state index contributed by atoms with van der Waals surface area (Å²) in [4.78, 5) is 16.5. The highest BCUT2D eigenvalue weighted by Gasteiger charge is 2.22. The molecule has 1 atom stereocenters. The van der Waals surface area contributed by atoms with Crippen LogP contribution in [0, 0.1) is 12.8 Å². The number of hydrogen-bond donors (Lipinski definition) is 0. The van der Waals surface area contributed by atoms with Crippen molar-refractivity contribution < 1.29 is 9.53 Å². The molecule has 0 radical (unpaired) electrons. The fraction of sp³-hybridized carbons (Fsp3) is 0.588. The van der Waals surface area contributed by atoms with Gasteiger partial charge < -0.3 is 9.64 Å². The summed E-state index contributed by atoms with van der Waals surface area (Å²) in [6.45, 7) is 11.2. The highest BCUT2D eigenvalue weighted by molar-refractivity contribution is 5.72. The number of anilines is 1. The molecular weight excluding hydrogens is 264 g/mol. The number of esters is 1. The SMILES string of the molecule is CCOC(=O)[C@H](C)CN1CCN(c2cccc(C)c2)CC1. The van der Waals surface area contributed by atoms with Gasteiger partial charge in [0.2, 0.25) is 0 Å². The van der Waals surface area contributed by atoms with Gasteiger partial charge in [0, 0.05) is 38.4 Å². The van der Waals surface area contributed by atoms with Gasteiger partial charge in [-0.15, -0.1) is 0 Å². The van der Waals surface area contributed by atoms with Gasteiger partial charge in [-0.25, -0.2) is 0 Å². The molecule has 4 nitrogen and oxygen atoms in total. The summed E-state index contributed by atoms with van der Waals surface area (Å²) in [5, 5.41) is 0. The highest BCUT2D eigenvalue weighted by Crippen LogP contribution is 2.18. The van der Waals surface area contributed by atoms with E-state index < -0.39 is 0 Å². The molecule has 0 aromatic heterocycles. The second-order valence-electron chi connectivity index (χ2n) is 5.78. The van der Waals surface area contributed by atoms with Crippen LogP contribution in [0.1, 0.15) is 19.4 Å². The number of carbonyl (C=O) groups is 1. The third-order valence-electron chi connectivity index (χ3n) is 3.96. The van der Waals surface area contributed by atoms with Crippen LogP contribution in [0.15, 0.2) is 24.3 Å². The maximum Gasteiger partial charge on any atom is 0.309 e. The van der Waals surface area contributed by atoms with Crippen molar-refractivity contribution >= 4 is 11.7 Å². The van der Waals surface area contributed by atoms with E-state index in [-0.39, 0.29) is 11.9 Å². The molecule has 1 saturated heterocycles. The molecule has 1 aromatic rings. The van der Waals surface area contributed by atoms with Crippen LogP contribution in [0.25, 0.3) is 0 Å². The number of piperazine rings is 1. The topological polar surface area (TPSA) is 32.8 Å². The van der Waals surface area contributed by atoms with Crippen molar-refractivity contribution in [2.45, 2.75) is 20.8 Å². The number of hydrogen-bond acceptors (Lipinski definition) is 4. The van der Waals surface area contributed by atoms with Crippen molar-refractivity contribution in [3.05, 3.63) is 29.8 Å². The van der Waals surface area contributed by atoms with Gasteiger partial charge in [-0.05, 0) is 31.5 Å². The molecule has 1 heterocycles. The lowest BCUT2D eigenvalue weighted by atomic mass is 10.1. The van der Waals surface area contributed by atoms with E-state index in [1.54, 1.807) is 0 Å². The first-order chi connectivity index (χ1) is 10.1. The lowest BCUT2D eigenvalue weighted by Crippen LogP contribution is -2.48. The van der Waals surface area contributed by atoms with E-state index >= 15 is 0 Å². The van der Waals surface area contributed by atoms with E-state index in [4.69, 9.17) is 4.74 Å². The van der Waals surface area contributed by atoms with Crippen LogP contribution < -0.4 is 4.90 Å². The van der Waals surface area contributed by atoms with Gasteiger partial charge in [-0.2, -0.15) is 0 Å². The predicted octanol–water partition coefficient (Wildman–Crippen LogP) is 2.32. The van der Waals surface area contributed by atoms with Crippen LogP contribution in [-0.2, 0) is 9.53 Å². The summed E-state index contributed by atoms with van der Waals surface area (Å²) in [5.41, 5.74) is 2.60. The monoisotopic (exact) mass is 290 g/mol. The van der Waals surface area contributed by atoms with Crippen molar-refractivity contribution in [3.63, 3.8) is 0 Å². The van der Waals surface area contributed by atoms with Crippen LogP contribution in [0.3, 0.4) is 0 Å². The first-order valence-corrected chi connectivity index (χ1v) is 7.80. The highest BCUT2D eigenvalue weighted by atomic mass is 16.5. The molecule has 4 heteroatoms. The number of carbonyl (C=O) groups excluding carboxylic acids is 1. The summed E-state index contributed by atoms with van der Waals surface area (Å²) in [6.07, 6.45) is 0. The van der Waals surface area contributed by atoms with E-state index in [0.717, 1.165) is 32.7 Å². The summed E-state index contributed by atoms with van der Waals surface area (Å²) in [7, 11) is 0. The van der Waals surface area contributed by atoms with Gasteiger partial charge in [-0.1, -0.05) is 19.1 Å². The summed E-state index contributed by atoms with van der Waals surface area (Å²) in [5.74, 6) is -0.130. The molecule has 0 saturated carbocycles. The van der Waals surface area contributed by atoms with Crippen molar-refractivity contribution in [2.75, 3.05) is 44.2 Å². The Balaban J connectivity index is 1.82. The number of rotatable bonds is 5. The van der Waals surface area contributed by atoms with Gasteiger partial charge in [0.15, 0.2) is 0 Å². The molecule has 1 fully saturated rings. The molecule has 0 aliphatic carbocycles. The van der Waals surface area contributed by atoms with Gasteiger partial charge in [0.05, 0.1) is 12.5 Å². The first kappa shape index (κ1) is 15.8. The van der Waals surface area contributed by atoms with Crippen LogP contribution in [0.2, 0.25) is 0 Å². The minimum Gasteiger partial charge on any atom is -0.466 e. The average Bonchev–Trinajstić information content (AvgIpc) is 2.48. The zero-order valence-corrected chi connectivity index (χ0v) is 13.3. The molecule has 1 aliphatic rings. The van der Waals surface area contributed by atoms with E-state index in [1.807, 2.05) is 13.8 Å². The molecular formula is C17H26N2O2. The molecule has 0 N–H and O–H groups in total. The third kappa shape index (κ3) is 4.46. The largest absolute Gasteiger partial charge is 0.466 e. The van der Waals surface area contributed by atoms with E-state index in [9.17, 15) is 4.79 Å². The lowest BCUT2D eigenvalue weighted by Gasteiger charge is -2.37. The normalized spacial score (nSPS) is 17.6. The summed E-state index contributed by atoms with van der Waals surface area (Å²) in [6, 6.07) is 8.64. The van der Waals surface area contributed by atoms with Crippen LogP contribution in [-0.4, -0.2) is 50.2 Å². The minimum absolute atomic E-state index is 0.0459. The van der Waals surface area contributed by atoms with Crippen molar-refractivity contribution in [3.8, 4) is 0 Å². The number of nitrogens with zero attached hydrogens (tertiary/aromatic N) is 2. The average molecular weight is 290 g/mol. The molecule has 0 bridgehead atoms. The molecule has 0 spiro atoms. The number of benzene rings is 1. The Labute approximate surface area is 127 Å². The zero-order valence-electron chi connectivity index (χ0n) is 13.3. The quantitative estimate of drug-likeness (QED) is 0.779. The molecule has 0 unspecified atom stereocenters. The predicted molar refractivity (Wildman–Crippen MR) is 85.6 cm³/mol. The molecule has 2 rings (SSSR count). The Morgan fingerprint density at radius 3 is 2.62 bits per heavy atom. The lowest BCUT2D eigenvalue weighted by molar-refractivity contribution is -0.148. The van der Waals surface area contributed by atoms with Crippen LogP contribution in [0.4, 0.5) is 5.69 Å². The summed E-state index contributed by atoms with van der Waals surface area (Å²) < 4.78 is 5.07. The Bertz CT molecular complexity index is 468. The van der Waals surface area contributed by atoms with Gasteiger partial charge >= 0.3 is 5.97 Å². The van der Waals surface area contributed by atoms with E-state index in [1.165, 1.54) is 11.3 Å². The molecule has 0 amide bonds. The van der Waals surface area contributed by atoms with E-state index in [0.29, 0.717) is 6.61 Å². The third-order valence-corrected chi connectivity index (χ3v) is 3.96. The van der Waals surface area contributed by atoms with Crippen LogP contribution in [0.5, 0.6) is 0 Å². The molecule has 21 heavy (non-hydrogen) atoms. The molecule has 116 valence electrons. The zero-order chi connectivity index (χ0) is 15.2. The summed E-state index contributed by atoms with van der Waals surface area (Å²) >= 11 is 0. The van der Waals surface area contributed by atoms with E-state index in [2.05, 4.69) is 41.0 Å². The smallest absolute Gasteiger partial charge is 0.309 e. The van der Waals surface area contributed by atoms with Gasteiger partial charge in [0.1, 0.15) is 0 Å². The fourth-order valence-corrected chi connectivity index (χ4v) is 2.76. The Morgan fingerprint density at radius 1 is 1.29 bits per heavy atom. The minimum atomic E-state index is -0.0846. The second-order valence-corrected chi connectivity index (χ2v) is 5.78. The van der Waals surface area contributed by atoms with Crippen molar-refractivity contribution in [1.82, 2.24) is 4.90 Å². The van der Waals surface area contributed by atoms with Crippen LogP contribution >= 0.6 is 0 Å². The Morgan fingerprint density at radius 2 is 2.00 bits per heavy atom. The van der Waals surface area contributed by atoms with Gasteiger partial charge in [0.25, 0.3) is 0 Å². The van der Waals surface area contributed by atoms with Crippen molar-refractivity contribution in [1.29, 1.82) is 0 Å². The molecule has 1 aliphatic heterocycles.